The van der Waals surface area contributed by atoms with Crippen molar-refractivity contribution < 1.29 is 9.46 Å². The van der Waals surface area contributed by atoms with Gasteiger partial charge in [-0.2, -0.15) is 9.46 Å². The van der Waals surface area contributed by atoms with E-state index in [0.29, 0.717) is 22.1 Å². The summed E-state index contributed by atoms with van der Waals surface area (Å²) in [7, 11) is 0. The standard InChI is InChI=1S/C44H38N2O2/c1-43(2,3)28-21-23-32-38(25-28)45(47)36-19-9-7-15-30(36)41(32)34-17-11-13-27-14-12-18-35(40(27)34)42-31-16-8-10-20-37(31)46(48)39-26-29(44(4,5)6)22-24-33(39)42/h7-26H,1-6H3. The van der Waals surface area contributed by atoms with Crippen molar-refractivity contribution in [1.82, 2.24) is 0 Å². The van der Waals surface area contributed by atoms with Crippen molar-refractivity contribution in [2.45, 2.75) is 52.4 Å². The highest BCUT2D eigenvalue weighted by Gasteiger charge is 2.26. The summed E-state index contributed by atoms with van der Waals surface area (Å²) < 4.78 is 2.18. The lowest BCUT2D eigenvalue weighted by Crippen LogP contribution is -2.29. The fourth-order valence-corrected chi connectivity index (χ4v) is 7.37. The van der Waals surface area contributed by atoms with Gasteiger partial charge in [0.25, 0.3) is 0 Å². The third-order valence-corrected chi connectivity index (χ3v) is 9.93. The second kappa shape index (κ2) is 10.5. The van der Waals surface area contributed by atoms with E-state index in [-0.39, 0.29) is 10.8 Å². The molecule has 236 valence electrons. The maximum absolute atomic E-state index is 14.0. The second-order valence-corrected chi connectivity index (χ2v) is 15.0. The van der Waals surface area contributed by atoms with Crippen molar-refractivity contribution in [2.75, 3.05) is 0 Å². The quantitative estimate of drug-likeness (QED) is 0.109. The first-order valence-corrected chi connectivity index (χ1v) is 16.6. The minimum absolute atomic E-state index is 0.111. The first-order valence-electron chi connectivity index (χ1n) is 16.6. The van der Waals surface area contributed by atoms with Crippen molar-refractivity contribution >= 4 is 54.4 Å². The number of pyridine rings is 2. The number of para-hydroxylation sites is 2. The molecular formula is C44H38N2O2. The van der Waals surface area contributed by atoms with Crippen LogP contribution in [-0.2, 0) is 10.8 Å². The van der Waals surface area contributed by atoms with Crippen molar-refractivity contribution in [3.05, 3.63) is 143 Å². The minimum Gasteiger partial charge on any atom is -0.618 e. The lowest BCUT2D eigenvalue weighted by Gasteiger charge is -2.22. The van der Waals surface area contributed by atoms with E-state index in [1.54, 1.807) is 0 Å². The Hall–Kier alpha value is -5.48. The first kappa shape index (κ1) is 29.9. The number of hydrogen-bond donors (Lipinski definition) is 0. The summed E-state index contributed by atoms with van der Waals surface area (Å²) in [6, 6.07) is 41.4. The van der Waals surface area contributed by atoms with Crippen LogP contribution in [0.4, 0.5) is 0 Å². The average molecular weight is 627 g/mol. The first-order chi connectivity index (χ1) is 22.9. The number of rotatable bonds is 2. The largest absolute Gasteiger partial charge is 0.618 e. The normalized spacial score (nSPS) is 12.5. The van der Waals surface area contributed by atoms with E-state index in [1.165, 1.54) is 0 Å². The molecule has 8 aromatic rings. The molecule has 0 spiro atoms. The van der Waals surface area contributed by atoms with Gasteiger partial charge in [0.1, 0.15) is 0 Å². The maximum Gasteiger partial charge on any atom is 0.225 e. The van der Waals surface area contributed by atoms with Crippen molar-refractivity contribution in [3.63, 3.8) is 0 Å². The van der Waals surface area contributed by atoms with Crippen LogP contribution in [0, 0.1) is 10.4 Å². The van der Waals surface area contributed by atoms with Gasteiger partial charge in [-0.1, -0.05) is 114 Å². The fourth-order valence-electron chi connectivity index (χ4n) is 7.37. The molecule has 8 rings (SSSR count). The summed E-state index contributed by atoms with van der Waals surface area (Å²) in [5.74, 6) is 0. The molecule has 0 aliphatic rings. The monoisotopic (exact) mass is 626 g/mol. The molecular weight excluding hydrogens is 588 g/mol. The van der Waals surface area contributed by atoms with Crippen LogP contribution in [0.1, 0.15) is 52.7 Å². The Morgan fingerprint density at radius 1 is 0.417 bits per heavy atom. The zero-order valence-electron chi connectivity index (χ0n) is 28.3. The Morgan fingerprint density at radius 2 is 0.812 bits per heavy atom. The smallest absolute Gasteiger partial charge is 0.225 e. The average Bonchev–Trinajstić information content (AvgIpc) is 3.07. The molecule has 0 bridgehead atoms. The fraction of sp³-hybridized carbons (Fsp3) is 0.182. The third kappa shape index (κ3) is 4.51. The van der Waals surface area contributed by atoms with Crippen LogP contribution in [0.5, 0.6) is 0 Å². The van der Waals surface area contributed by atoms with Gasteiger partial charge in [-0.05, 0) is 68.1 Å². The number of fused-ring (bicyclic) bond motifs is 5. The number of aromatic nitrogens is 2. The van der Waals surface area contributed by atoms with E-state index in [4.69, 9.17) is 0 Å². The molecule has 4 heteroatoms. The summed E-state index contributed by atoms with van der Waals surface area (Å²) >= 11 is 0. The molecule has 0 saturated heterocycles. The summed E-state index contributed by atoms with van der Waals surface area (Å²) in [4.78, 5) is 0. The Labute approximate surface area is 280 Å². The van der Waals surface area contributed by atoms with E-state index in [0.717, 1.165) is 75.2 Å². The van der Waals surface area contributed by atoms with E-state index in [2.05, 4.69) is 126 Å². The van der Waals surface area contributed by atoms with Gasteiger partial charge in [-0.25, -0.2) is 0 Å². The lowest BCUT2D eigenvalue weighted by molar-refractivity contribution is -0.548. The van der Waals surface area contributed by atoms with Crippen molar-refractivity contribution in [1.29, 1.82) is 0 Å². The van der Waals surface area contributed by atoms with E-state index in [9.17, 15) is 10.4 Å². The number of benzene rings is 6. The molecule has 2 heterocycles. The molecule has 2 aromatic heterocycles. The van der Waals surface area contributed by atoms with Gasteiger partial charge in [0.05, 0.1) is 21.5 Å². The van der Waals surface area contributed by atoms with Gasteiger partial charge in [0.15, 0.2) is 0 Å². The topological polar surface area (TPSA) is 53.9 Å². The SMILES string of the molecule is CC(C)(C)c1ccc2c(-c3cccc4cccc(-c5c6ccccc6[n+]([O-])c6cc(C(C)(C)C)ccc56)c34)c3ccccc3[n+]([O-])c2c1. The molecule has 0 aliphatic heterocycles. The van der Waals surface area contributed by atoms with Crippen molar-refractivity contribution in [2.24, 2.45) is 0 Å². The lowest BCUT2D eigenvalue weighted by atomic mass is 9.83. The molecule has 0 unspecified atom stereocenters. The van der Waals surface area contributed by atoms with Crippen LogP contribution in [0.15, 0.2) is 121 Å². The zero-order valence-corrected chi connectivity index (χ0v) is 28.3. The Kier molecular flexibility index (Phi) is 6.55. The molecule has 0 fully saturated rings. The molecule has 48 heavy (non-hydrogen) atoms. The zero-order chi connectivity index (χ0) is 33.5. The van der Waals surface area contributed by atoms with Crippen LogP contribution >= 0.6 is 0 Å². The highest BCUT2D eigenvalue weighted by Crippen LogP contribution is 2.45. The van der Waals surface area contributed by atoms with Gasteiger partial charge in [0, 0.05) is 35.4 Å². The van der Waals surface area contributed by atoms with Gasteiger partial charge in [-0.3, -0.25) is 0 Å². The van der Waals surface area contributed by atoms with Gasteiger partial charge in [0.2, 0.25) is 22.1 Å². The van der Waals surface area contributed by atoms with Crippen LogP contribution in [0.2, 0.25) is 0 Å². The van der Waals surface area contributed by atoms with Crippen molar-refractivity contribution in [3.8, 4) is 22.3 Å². The molecule has 6 aromatic carbocycles. The molecule has 0 radical (unpaired) electrons. The molecule has 0 N–H and O–H groups in total. The van der Waals surface area contributed by atoms with E-state index in [1.807, 2.05) is 36.4 Å². The van der Waals surface area contributed by atoms with Crippen LogP contribution in [-0.4, -0.2) is 0 Å². The third-order valence-electron chi connectivity index (χ3n) is 9.93. The molecule has 0 aliphatic carbocycles. The number of nitrogens with zero attached hydrogens (tertiary/aromatic N) is 2. The predicted molar refractivity (Wildman–Crippen MR) is 200 cm³/mol. The number of hydrogen-bond acceptors (Lipinski definition) is 2. The maximum atomic E-state index is 14.0. The molecule has 0 atom stereocenters. The molecule has 0 amide bonds. The minimum atomic E-state index is -0.111. The molecule has 4 nitrogen and oxygen atoms in total. The predicted octanol–water partition coefficient (Wildman–Crippen LogP) is 10.6. The second-order valence-electron chi connectivity index (χ2n) is 15.0. The summed E-state index contributed by atoms with van der Waals surface area (Å²) in [5.41, 5.74) is 8.76. The van der Waals surface area contributed by atoms with Crippen LogP contribution in [0.25, 0.3) is 76.6 Å². The Morgan fingerprint density at radius 3 is 1.23 bits per heavy atom. The van der Waals surface area contributed by atoms with Crippen LogP contribution < -0.4 is 9.46 Å². The summed E-state index contributed by atoms with van der Waals surface area (Å²) in [6.45, 7) is 13.0. The van der Waals surface area contributed by atoms with E-state index < -0.39 is 0 Å². The highest BCUT2D eigenvalue weighted by atomic mass is 16.5. The Balaban J connectivity index is 1.55. The molecule has 0 saturated carbocycles. The van der Waals surface area contributed by atoms with Gasteiger partial charge >= 0.3 is 0 Å². The highest BCUT2D eigenvalue weighted by molar-refractivity contribution is 6.20. The van der Waals surface area contributed by atoms with Gasteiger partial charge < -0.3 is 10.4 Å². The summed E-state index contributed by atoms with van der Waals surface area (Å²) in [6.07, 6.45) is 0. The van der Waals surface area contributed by atoms with E-state index >= 15 is 0 Å². The Bertz CT molecular complexity index is 2430. The summed E-state index contributed by atoms with van der Waals surface area (Å²) in [5, 5.41) is 33.8. The van der Waals surface area contributed by atoms with Gasteiger partial charge in [-0.15, -0.1) is 0 Å². The van der Waals surface area contributed by atoms with Crippen LogP contribution in [0.3, 0.4) is 0 Å².